The van der Waals surface area contributed by atoms with Crippen molar-refractivity contribution in [3.8, 4) is 5.75 Å². The van der Waals surface area contributed by atoms with Gasteiger partial charge in [0.1, 0.15) is 5.75 Å². The van der Waals surface area contributed by atoms with Crippen LogP contribution < -0.4 is 0 Å². The number of hydrogen-bond donors (Lipinski definition) is 1. The number of aromatic hydroxyl groups is 1. The number of amides is 1. The van der Waals surface area contributed by atoms with Gasteiger partial charge in [0, 0.05) is 24.0 Å². The van der Waals surface area contributed by atoms with E-state index in [-0.39, 0.29) is 23.4 Å². The number of halogens is 1. The number of hydrogen-bond acceptors (Lipinski definition) is 3. The first-order valence-electron chi connectivity index (χ1n) is 6.65. The first-order chi connectivity index (χ1) is 9.32. The Bertz CT molecular complexity index is 516. The van der Waals surface area contributed by atoms with E-state index in [0.717, 1.165) is 0 Å². The number of carbonyl (C=O) groups excluding carboxylic acids is 1. The summed E-state index contributed by atoms with van der Waals surface area (Å²) in [5, 5.41) is 10.3. The van der Waals surface area contributed by atoms with Crippen molar-refractivity contribution in [1.29, 1.82) is 0 Å². The number of rotatable bonds is 2. The van der Waals surface area contributed by atoms with Crippen LogP contribution >= 0.6 is 15.9 Å². The third-order valence-corrected chi connectivity index (χ3v) is 4.11. The number of ether oxygens (including phenoxy) is 1. The van der Waals surface area contributed by atoms with Crippen molar-refractivity contribution in [2.45, 2.75) is 32.5 Å². The molecular weight excluding hydrogens is 322 g/mol. The number of phenolic OH excluding ortho intramolecular Hbond substituents is 1. The molecule has 1 saturated heterocycles. The second-order valence-corrected chi connectivity index (χ2v) is 6.49. The van der Waals surface area contributed by atoms with Crippen molar-refractivity contribution in [1.82, 2.24) is 4.90 Å². The van der Waals surface area contributed by atoms with Gasteiger partial charge in [-0.2, -0.15) is 0 Å². The van der Waals surface area contributed by atoms with E-state index in [2.05, 4.69) is 15.9 Å². The maximum atomic E-state index is 12.6. The molecule has 1 N–H and O–H groups in total. The van der Waals surface area contributed by atoms with E-state index in [0.29, 0.717) is 29.5 Å². The Labute approximate surface area is 127 Å². The fraction of sp³-hybridized carbons (Fsp3) is 0.533. The minimum Gasteiger partial charge on any atom is -0.508 e. The molecule has 4 nitrogen and oxygen atoms in total. The highest BCUT2D eigenvalue weighted by atomic mass is 79.9. The molecule has 0 aliphatic carbocycles. The third kappa shape index (κ3) is 3.33. The molecule has 110 valence electrons. The molecular formula is C15H20BrNO3. The molecule has 1 atom stereocenters. The van der Waals surface area contributed by atoms with Crippen molar-refractivity contribution < 1.29 is 14.6 Å². The molecule has 0 spiro atoms. The summed E-state index contributed by atoms with van der Waals surface area (Å²) in [6, 6.07) is 4.95. The van der Waals surface area contributed by atoms with E-state index >= 15 is 0 Å². The topological polar surface area (TPSA) is 49.8 Å². The SMILES string of the molecule is Cc1cc(C(=O)N2CC(CBr)OC(C)(C)C2)ccc1O. The van der Waals surface area contributed by atoms with Gasteiger partial charge in [-0.1, -0.05) is 15.9 Å². The molecule has 1 aromatic rings. The predicted octanol–water partition coefficient (Wildman–Crippen LogP) is 2.72. The molecule has 0 bridgehead atoms. The van der Waals surface area contributed by atoms with Crippen molar-refractivity contribution in [3.05, 3.63) is 29.3 Å². The molecule has 1 unspecified atom stereocenters. The lowest BCUT2D eigenvalue weighted by Crippen LogP contribution is -2.55. The Morgan fingerprint density at radius 3 is 2.85 bits per heavy atom. The fourth-order valence-corrected chi connectivity index (χ4v) is 2.84. The minimum absolute atomic E-state index is 0.000844. The van der Waals surface area contributed by atoms with Gasteiger partial charge in [0.15, 0.2) is 0 Å². The molecule has 1 aliphatic rings. The Kier molecular flexibility index (Phi) is 4.39. The van der Waals surface area contributed by atoms with Crippen molar-refractivity contribution in [2.75, 3.05) is 18.4 Å². The molecule has 0 radical (unpaired) electrons. The van der Waals surface area contributed by atoms with Gasteiger partial charge in [-0.05, 0) is 44.5 Å². The van der Waals surface area contributed by atoms with E-state index < -0.39 is 0 Å². The Balaban J connectivity index is 2.21. The molecule has 20 heavy (non-hydrogen) atoms. The monoisotopic (exact) mass is 341 g/mol. The van der Waals surface area contributed by atoms with Gasteiger partial charge in [-0.3, -0.25) is 4.79 Å². The standard InChI is InChI=1S/C15H20BrNO3/c1-10-6-11(4-5-13(10)18)14(19)17-8-12(7-16)20-15(2,3)9-17/h4-6,12,18H,7-9H2,1-3H3. The van der Waals surface area contributed by atoms with Crippen LogP contribution in [0.1, 0.15) is 29.8 Å². The summed E-state index contributed by atoms with van der Waals surface area (Å²) >= 11 is 3.42. The summed E-state index contributed by atoms with van der Waals surface area (Å²) < 4.78 is 5.90. The summed E-state index contributed by atoms with van der Waals surface area (Å²) in [7, 11) is 0. The smallest absolute Gasteiger partial charge is 0.254 e. The summed E-state index contributed by atoms with van der Waals surface area (Å²) in [4.78, 5) is 14.4. The maximum Gasteiger partial charge on any atom is 0.254 e. The molecule has 0 aromatic heterocycles. The molecule has 2 rings (SSSR count). The van der Waals surface area contributed by atoms with Gasteiger partial charge < -0.3 is 14.7 Å². The van der Waals surface area contributed by atoms with Crippen LogP contribution in [0.15, 0.2) is 18.2 Å². The number of carbonyl (C=O) groups is 1. The zero-order chi connectivity index (χ0) is 14.9. The maximum absolute atomic E-state index is 12.6. The van der Waals surface area contributed by atoms with Crippen LogP contribution in [0.2, 0.25) is 0 Å². The highest BCUT2D eigenvalue weighted by Gasteiger charge is 2.35. The van der Waals surface area contributed by atoms with E-state index in [1.54, 1.807) is 25.1 Å². The van der Waals surface area contributed by atoms with Crippen LogP contribution in [-0.4, -0.2) is 46.0 Å². The summed E-state index contributed by atoms with van der Waals surface area (Å²) in [5.74, 6) is 0.192. The molecule has 1 fully saturated rings. The van der Waals surface area contributed by atoms with Crippen LogP contribution in [0.5, 0.6) is 5.75 Å². The molecule has 1 aliphatic heterocycles. The molecule has 1 heterocycles. The highest BCUT2D eigenvalue weighted by Crippen LogP contribution is 2.24. The third-order valence-electron chi connectivity index (χ3n) is 3.38. The Morgan fingerprint density at radius 2 is 2.25 bits per heavy atom. The van der Waals surface area contributed by atoms with E-state index in [4.69, 9.17) is 4.74 Å². The Morgan fingerprint density at radius 1 is 1.55 bits per heavy atom. The van der Waals surface area contributed by atoms with Gasteiger partial charge in [0.2, 0.25) is 0 Å². The number of morpholine rings is 1. The lowest BCUT2D eigenvalue weighted by atomic mass is 10.0. The Hall–Kier alpha value is -1.07. The summed E-state index contributed by atoms with van der Waals surface area (Å²) in [5.41, 5.74) is 0.963. The zero-order valence-corrected chi connectivity index (χ0v) is 13.6. The van der Waals surface area contributed by atoms with Crippen molar-refractivity contribution in [2.24, 2.45) is 0 Å². The normalized spacial score (nSPS) is 21.8. The minimum atomic E-state index is -0.349. The summed E-state index contributed by atoms with van der Waals surface area (Å²) in [6.07, 6.45) is 0.000844. The van der Waals surface area contributed by atoms with Crippen LogP contribution in [0.25, 0.3) is 0 Å². The number of phenols is 1. The number of aryl methyl sites for hydroxylation is 1. The molecule has 5 heteroatoms. The average Bonchev–Trinajstić information content (AvgIpc) is 2.39. The predicted molar refractivity (Wildman–Crippen MR) is 81.5 cm³/mol. The van der Waals surface area contributed by atoms with Gasteiger partial charge in [-0.25, -0.2) is 0 Å². The van der Waals surface area contributed by atoms with E-state index in [1.165, 1.54) is 0 Å². The van der Waals surface area contributed by atoms with E-state index in [9.17, 15) is 9.90 Å². The zero-order valence-electron chi connectivity index (χ0n) is 12.0. The quantitative estimate of drug-likeness (QED) is 0.841. The first kappa shape index (κ1) is 15.3. The second kappa shape index (κ2) is 5.74. The summed E-state index contributed by atoms with van der Waals surface area (Å²) in [6.45, 7) is 6.91. The highest BCUT2D eigenvalue weighted by molar-refractivity contribution is 9.09. The van der Waals surface area contributed by atoms with Crippen LogP contribution in [0.4, 0.5) is 0 Å². The fourth-order valence-electron chi connectivity index (χ4n) is 2.50. The van der Waals surface area contributed by atoms with Crippen molar-refractivity contribution in [3.63, 3.8) is 0 Å². The molecule has 1 amide bonds. The van der Waals surface area contributed by atoms with Gasteiger partial charge in [-0.15, -0.1) is 0 Å². The van der Waals surface area contributed by atoms with Gasteiger partial charge in [0.25, 0.3) is 5.91 Å². The van der Waals surface area contributed by atoms with Crippen molar-refractivity contribution >= 4 is 21.8 Å². The number of nitrogens with zero attached hydrogens (tertiary/aromatic N) is 1. The second-order valence-electron chi connectivity index (χ2n) is 5.84. The van der Waals surface area contributed by atoms with Gasteiger partial charge in [0.05, 0.1) is 11.7 Å². The molecule has 1 aromatic carbocycles. The number of benzene rings is 1. The van der Waals surface area contributed by atoms with E-state index in [1.807, 2.05) is 18.7 Å². The van der Waals surface area contributed by atoms with Gasteiger partial charge >= 0.3 is 0 Å². The van der Waals surface area contributed by atoms with Crippen LogP contribution in [0, 0.1) is 6.92 Å². The lowest BCUT2D eigenvalue weighted by molar-refractivity contribution is -0.116. The largest absolute Gasteiger partial charge is 0.508 e. The molecule has 0 saturated carbocycles. The lowest BCUT2D eigenvalue weighted by Gasteiger charge is -2.42. The first-order valence-corrected chi connectivity index (χ1v) is 7.77. The number of alkyl halides is 1. The van der Waals surface area contributed by atoms with Crippen LogP contribution in [-0.2, 0) is 4.74 Å². The average molecular weight is 342 g/mol. The van der Waals surface area contributed by atoms with Crippen LogP contribution in [0.3, 0.4) is 0 Å².